The number of nitrogens with zero attached hydrogens (tertiary/aromatic N) is 4. The van der Waals surface area contributed by atoms with Crippen molar-refractivity contribution >= 4 is 11.9 Å². The molecule has 0 aliphatic heterocycles. The zero-order valence-electron chi connectivity index (χ0n) is 16.4. The van der Waals surface area contributed by atoms with Crippen molar-refractivity contribution < 1.29 is 4.79 Å². The van der Waals surface area contributed by atoms with Gasteiger partial charge in [0.05, 0.1) is 0 Å². The first-order valence-electron chi connectivity index (χ1n) is 8.97. The summed E-state index contributed by atoms with van der Waals surface area (Å²) in [6, 6.07) is 0.276. The van der Waals surface area contributed by atoms with Crippen LogP contribution in [0.25, 0.3) is 0 Å². The Morgan fingerprint density at radius 1 is 1.36 bits per heavy atom. The Kier molecular flexibility index (Phi) is 8.37. The molecule has 3 N–H and O–H groups in total. The Balaban J connectivity index is 2.60. The molecule has 1 aromatic heterocycles. The van der Waals surface area contributed by atoms with Crippen molar-refractivity contribution in [3.05, 3.63) is 12.2 Å². The Labute approximate surface area is 150 Å². The summed E-state index contributed by atoms with van der Waals surface area (Å²) < 4.78 is 2.01. The van der Waals surface area contributed by atoms with E-state index in [1.165, 1.54) is 0 Å². The minimum Gasteiger partial charge on any atom is -0.355 e. The molecule has 0 saturated carbocycles. The van der Waals surface area contributed by atoms with Crippen LogP contribution in [0.4, 0.5) is 0 Å². The molecular weight excluding hydrogens is 318 g/mol. The van der Waals surface area contributed by atoms with Crippen molar-refractivity contribution in [3.63, 3.8) is 0 Å². The number of carbonyl (C=O) groups excluding carboxylic acids is 1. The zero-order chi connectivity index (χ0) is 18.9. The molecule has 0 aromatic carbocycles. The maximum absolute atomic E-state index is 12.0. The van der Waals surface area contributed by atoms with Crippen molar-refractivity contribution in [3.8, 4) is 0 Å². The largest absolute Gasteiger partial charge is 0.355 e. The number of nitrogens with one attached hydrogen (secondary N) is 3. The number of guanidine groups is 1. The first-order chi connectivity index (χ1) is 11.7. The third kappa shape index (κ3) is 8.51. The van der Waals surface area contributed by atoms with E-state index in [0.29, 0.717) is 12.5 Å². The quantitative estimate of drug-likeness (QED) is 0.481. The molecule has 0 saturated heterocycles. The molecule has 1 amide bonds. The topological polar surface area (TPSA) is 96.2 Å². The van der Waals surface area contributed by atoms with Gasteiger partial charge in [0.15, 0.2) is 5.96 Å². The predicted molar refractivity (Wildman–Crippen MR) is 100 cm³/mol. The molecule has 0 aliphatic rings. The summed E-state index contributed by atoms with van der Waals surface area (Å²) in [7, 11) is 0. The van der Waals surface area contributed by atoms with E-state index in [2.05, 4.69) is 51.9 Å². The predicted octanol–water partition coefficient (Wildman–Crippen LogP) is 1.09. The Hall–Kier alpha value is -2.12. The van der Waals surface area contributed by atoms with Gasteiger partial charge in [-0.25, -0.2) is 4.99 Å². The molecule has 1 aromatic rings. The van der Waals surface area contributed by atoms with E-state index >= 15 is 0 Å². The van der Waals surface area contributed by atoms with Crippen LogP contribution in [0.15, 0.2) is 11.3 Å². The van der Waals surface area contributed by atoms with E-state index in [-0.39, 0.29) is 24.0 Å². The van der Waals surface area contributed by atoms with Gasteiger partial charge < -0.3 is 20.5 Å². The van der Waals surface area contributed by atoms with Gasteiger partial charge in [0.2, 0.25) is 5.91 Å². The molecule has 0 fully saturated rings. The van der Waals surface area contributed by atoms with Crippen LogP contribution in [0.1, 0.15) is 53.8 Å². The van der Waals surface area contributed by atoms with Gasteiger partial charge >= 0.3 is 0 Å². The molecule has 1 rings (SSSR count). The number of carbonyl (C=O) groups is 1. The molecule has 1 heterocycles. The zero-order valence-corrected chi connectivity index (χ0v) is 16.4. The molecule has 142 valence electrons. The Morgan fingerprint density at radius 2 is 2.08 bits per heavy atom. The molecular formula is C17H33N7O. The van der Waals surface area contributed by atoms with Gasteiger partial charge in [-0.1, -0.05) is 13.8 Å². The molecule has 8 heteroatoms. The van der Waals surface area contributed by atoms with Crippen LogP contribution in [0.3, 0.4) is 0 Å². The summed E-state index contributed by atoms with van der Waals surface area (Å²) in [5, 5.41) is 17.5. The highest BCUT2D eigenvalue weighted by Crippen LogP contribution is 1.98. The average Bonchev–Trinajstić information content (AvgIpc) is 2.98. The number of aryl methyl sites for hydroxylation is 1. The molecule has 25 heavy (non-hydrogen) atoms. The highest BCUT2D eigenvalue weighted by atomic mass is 16.2. The number of rotatable bonds is 8. The summed E-state index contributed by atoms with van der Waals surface area (Å²) in [4.78, 5) is 16.4. The first kappa shape index (κ1) is 20.9. The van der Waals surface area contributed by atoms with Gasteiger partial charge in [0, 0.05) is 31.1 Å². The summed E-state index contributed by atoms with van der Waals surface area (Å²) in [5.41, 5.74) is -0.255. The highest BCUT2D eigenvalue weighted by Gasteiger charge is 2.13. The molecule has 0 aliphatic carbocycles. The lowest BCUT2D eigenvalue weighted by atomic mass is 10.1. The monoisotopic (exact) mass is 351 g/mol. The standard InChI is InChI=1S/C17H33N7O/c1-7-13(3)21-16(19-11-15(25)22-17(4,5)6)18-9-10-24-12-20-23-14(24)8-2/h12-13H,7-11H2,1-6H3,(H,22,25)(H2,18,19,21). The van der Waals surface area contributed by atoms with Gasteiger partial charge in [-0.2, -0.15) is 0 Å². The average molecular weight is 351 g/mol. The van der Waals surface area contributed by atoms with Crippen LogP contribution in [-0.4, -0.2) is 51.3 Å². The molecule has 8 nitrogen and oxygen atoms in total. The first-order valence-corrected chi connectivity index (χ1v) is 8.97. The van der Waals surface area contributed by atoms with E-state index in [4.69, 9.17) is 0 Å². The summed E-state index contributed by atoms with van der Waals surface area (Å²) in [6.07, 6.45) is 3.55. The molecule has 1 unspecified atom stereocenters. The fourth-order valence-corrected chi connectivity index (χ4v) is 2.13. The lowest BCUT2D eigenvalue weighted by Crippen LogP contribution is -2.45. The van der Waals surface area contributed by atoms with Gasteiger partial charge in [-0.3, -0.25) is 4.79 Å². The highest BCUT2D eigenvalue weighted by molar-refractivity contribution is 5.85. The van der Waals surface area contributed by atoms with Crippen molar-refractivity contribution in [1.29, 1.82) is 0 Å². The minimum absolute atomic E-state index is 0.0927. The van der Waals surface area contributed by atoms with E-state index in [0.717, 1.165) is 25.2 Å². The van der Waals surface area contributed by atoms with E-state index in [9.17, 15) is 4.79 Å². The van der Waals surface area contributed by atoms with E-state index < -0.39 is 0 Å². The SMILES string of the molecule is CCc1nncn1CCNC(=NCC(=O)NC(C)(C)C)NC(C)CC. The normalized spacial score (nSPS) is 13.4. The summed E-state index contributed by atoms with van der Waals surface area (Å²) in [6.45, 7) is 13.6. The lowest BCUT2D eigenvalue weighted by molar-refractivity contribution is -0.121. The molecule has 0 radical (unpaired) electrons. The van der Waals surface area contributed by atoms with Crippen molar-refractivity contribution in [2.45, 2.75) is 72.5 Å². The third-order valence-corrected chi connectivity index (χ3v) is 3.55. The van der Waals surface area contributed by atoms with Crippen LogP contribution >= 0.6 is 0 Å². The third-order valence-electron chi connectivity index (χ3n) is 3.55. The Morgan fingerprint density at radius 3 is 2.68 bits per heavy atom. The maximum atomic E-state index is 12.0. The maximum Gasteiger partial charge on any atom is 0.242 e. The molecule has 0 bridgehead atoms. The number of aliphatic imine (C=N–C) groups is 1. The van der Waals surface area contributed by atoms with Crippen molar-refractivity contribution in [2.24, 2.45) is 4.99 Å². The number of aromatic nitrogens is 3. The van der Waals surface area contributed by atoms with Crippen LogP contribution < -0.4 is 16.0 Å². The van der Waals surface area contributed by atoms with E-state index in [1.54, 1.807) is 6.33 Å². The van der Waals surface area contributed by atoms with Crippen molar-refractivity contribution in [2.75, 3.05) is 13.1 Å². The fourth-order valence-electron chi connectivity index (χ4n) is 2.13. The number of amides is 1. The van der Waals surface area contributed by atoms with Crippen LogP contribution in [0, 0.1) is 0 Å². The van der Waals surface area contributed by atoms with Gasteiger partial charge in [0.25, 0.3) is 0 Å². The summed E-state index contributed by atoms with van der Waals surface area (Å²) >= 11 is 0. The fraction of sp³-hybridized carbons (Fsp3) is 0.765. The van der Waals surface area contributed by atoms with Gasteiger partial charge in [-0.15, -0.1) is 10.2 Å². The second-order valence-electron chi connectivity index (χ2n) is 7.14. The van der Waals surface area contributed by atoms with Gasteiger partial charge in [0.1, 0.15) is 18.7 Å². The number of hydrogen-bond acceptors (Lipinski definition) is 4. The summed E-state index contributed by atoms with van der Waals surface area (Å²) in [5.74, 6) is 1.51. The van der Waals surface area contributed by atoms with Crippen LogP contribution in [0.2, 0.25) is 0 Å². The second-order valence-corrected chi connectivity index (χ2v) is 7.14. The Bertz CT molecular complexity index is 560. The second kappa shape index (κ2) is 10.0. The van der Waals surface area contributed by atoms with Gasteiger partial charge in [-0.05, 0) is 34.1 Å². The molecule has 1 atom stereocenters. The van der Waals surface area contributed by atoms with Crippen molar-refractivity contribution in [1.82, 2.24) is 30.7 Å². The lowest BCUT2D eigenvalue weighted by Gasteiger charge is -2.20. The van der Waals surface area contributed by atoms with E-state index in [1.807, 2.05) is 25.3 Å². The smallest absolute Gasteiger partial charge is 0.242 e. The minimum atomic E-state index is -0.255. The van der Waals surface area contributed by atoms with Crippen LogP contribution in [0.5, 0.6) is 0 Å². The molecule has 0 spiro atoms. The number of hydrogen-bond donors (Lipinski definition) is 3. The van der Waals surface area contributed by atoms with Crippen LogP contribution in [-0.2, 0) is 17.8 Å².